The average Bonchev–Trinajstić information content (AvgIpc) is 3.59. The minimum Gasteiger partial charge on any atom is -0.363 e. The van der Waals surface area contributed by atoms with Gasteiger partial charge in [0.25, 0.3) is 0 Å². The summed E-state index contributed by atoms with van der Waals surface area (Å²) in [7, 11) is 0. The van der Waals surface area contributed by atoms with Crippen molar-refractivity contribution in [3.05, 3.63) is 90.0 Å². The molecule has 2 aliphatic rings. The molecule has 7 nitrogen and oxygen atoms in total. The quantitative estimate of drug-likeness (QED) is 0.332. The van der Waals surface area contributed by atoms with Gasteiger partial charge in [-0.05, 0) is 47.5 Å². The maximum atomic E-state index is 13.4. The summed E-state index contributed by atoms with van der Waals surface area (Å²) in [5.74, 6) is -0.445. The third-order valence-electron chi connectivity index (χ3n) is 7.10. The fourth-order valence-corrected chi connectivity index (χ4v) is 4.95. The van der Waals surface area contributed by atoms with Crippen LogP contribution in [0.1, 0.15) is 24.0 Å². The van der Waals surface area contributed by atoms with Crippen molar-refractivity contribution in [1.29, 1.82) is 0 Å². The Balaban J connectivity index is 1.21. The van der Waals surface area contributed by atoms with Crippen molar-refractivity contribution < 1.29 is 18.4 Å². The molecular formula is C30H33F2N5O2. The van der Waals surface area contributed by atoms with E-state index in [4.69, 9.17) is 0 Å². The van der Waals surface area contributed by atoms with Crippen molar-refractivity contribution in [2.75, 3.05) is 28.6 Å². The van der Waals surface area contributed by atoms with Crippen LogP contribution in [-0.4, -0.2) is 49.3 Å². The lowest BCUT2D eigenvalue weighted by Crippen LogP contribution is -2.35. The Kier molecular flexibility index (Phi) is 8.48. The number of carbonyl (C=O) groups excluding carboxylic acids is 2. The van der Waals surface area contributed by atoms with Gasteiger partial charge in [0.15, 0.2) is 0 Å². The first-order chi connectivity index (χ1) is 18.9. The standard InChI is InChI=1S/C30H33F2N5O2/c31-22-14-27(33-16-22)29(38)35-24-10-6-20(7-11-24)18-37(26-4-2-1-3-5-26)19-21-8-12-25(13-9-21)36-30(39)28-15-23(32)17-34-28/h1-13,22-23,27-28,33-34H,14-19H2,(H,35,38)(H,36,39)/t22-,23-,27-,28-/m0/s1. The number of anilines is 3. The highest BCUT2D eigenvalue weighted by Gasteiger charge is 2.30. The first-order valence-electron chi connectivity index (χ1n) is 13.3. The van der Waals surface area contributed by atoms with Crippen LogP contribution in [0.2, 0.25) is 0 Å². The summed E-state index contributed by atoms with van der Waals surface area (Å²) in [6.07, 6.45) is -1.58. The van der Waals surface area contributed by atoms with Crippen LogP contribution in [0.3, 0.4) is 0 Å². The molecule has 9 heteroatoms. The van der Waals surface area contributed by atoms with Crippen molar-refractivity contribution in [1.82, 2.24) is 10.6 Å². The Morgan fingerprint density at radius 3 is 1.51 bits per heavy atom. The molecule has 2 saturated heterocycles. The number of hydrogen-bond acceptors (Lipinski definition) is 5. The molecule has 2 amide bonds. The molecule has 2 aliphatic heterocycles. The molecule has 3 aromatic carbocycles. The summed E-state index contributed by atoms with van der Waals surface area (Å²) in [5, 5.41) is 11.5. The van der Waals surface area contributed by atoms with Gasteiger partial charge in [-0.1, -0.05) is 42.5 Å². The number of nitrogens with one attached hydrogen (secondary N) is 4. The van der Waals surface area contributed by atoms with Gasteiger partial charge in [0.2, 0.25) is 11.8 Å². The van der Waals surface area contributed by atoms with Gasteiger partial charge in [0.1, 0.15) is 12.3 Å². The third kappa shape index (κ3) is 7.19. The largest absolute Gasteiger partial charge is 0.363 e. The molecule has 4 N–H and O–H groups in total. The number of hydrogen-bond donors (Lipinski definition) is 4. The lowest BCUT2D eigenvalue weighted by Gasteiger charge is -2.25. The first kappa shape index (κ1) is 26.8. The van der Waals surface area contributed by atoms with E-state index in [0.717, 1.165) is 16.8 Å². The molecule has 204 valence electrons. The highest BCUT2D eigenvalue weighted by molar-refractivity contribution is 5.95. The van der Waals surface area contributed by atoms with Crippen LogP contribution >= 0.6 is 0 Å². The number of para-hydroxylation sites is 1. The van der Waals surface area contributed by atoms with Crippen LogP contribution in [0, 0.1) is 0 Å². The Morgan fingerprint density at radius 1 is 0.692 bits per heavy atom. The molecule has 0 saturated carbocycles. The number of amides is 2. The van der Waals surface area contributed by atoms with E-state index in [-0.39, 0.29) is 37.7 Å². The van der Waals surface area contributed by atoms with Crippen LogP contribution in [-0.2, 0) is 22.7 Å². The van der Waals surface area contributed by atoms with Gasteiger partial charge in [-0.25, -0.2) is 8.78 Å². The van der Waals surface area contributed by atoms with E-state index in [0.29, 0.717) is 24.5 Å². The molecule has 39 heavy (non-hydrogen) atoms. The van der Waals surface area contributed by atoms with Crippen molar-refractivity contribution in [3.63, 3.8) is 0 Å². The second-order valence-corrected chi connectivity index (χ2v) is 10.2. The predicted octanol–water partition coefficient (Wildman–Crippen LogP) is 4.17. The second-order valence-electron chi connectivity index (χ2n) is 10.2. The van der Waals surface area contributed by atoms with Gasteiger partial charge in [-0.3, -0.25) is 9.59 Å². The van der Waals surface area contributed by atoms with E-state index in [1.807, 2.05) is 66.7 Å². The maximum Gasteiger partial charge on any atom is 0.241 e. The van der Waals surface area contributed by atoms with Crippen molar-refractivity contribution in [3.8, 4) is 0 Å². The average molecular weight is 534 g/mol. The molecule has 0 radical (unpaired) electrons. The van der Waals surface area contributed by atoms with Gasteiger partial charge in [0.05, 0.1) is 12.1 Å². The van der Waals surface area contributed by atoms with Crippen LogP contribution in [0.15, 0.2) is 78.9 Å². The van der Waals surface area contributed by atoms with E-state index in [1.165, 1.54) is 0 Å². The fraction of sp³-hybridized carbons (Fsp3) is 0.333. The number of benzene rings is 3. The number of rotatable bonds is 9. The van der Waals surface area contributed by atoms with Gasteiger partial charge in [-0.2, -0.15) is 0 Å². The van der Waals surface area contributed by atoms with E-state index >= 15 is 0 Å². The minimum atomic E-state index is -0.984. The van der Waals surface area contributed by atoms with Crippen LogP contribution in [0.4, 0.5) is 25.8 Å². The molecule has 3 aromatic rings. The molecule has 0 unspecified atom stereocenters. The van der Waals surface area contributed by atoms with Crippen molar-refractivity contribution >= 4 is 28.9 Å². The Hall–Kier alpha value is -3.82. The molecule has 0 bridgehead atoms. The van der Waals surface area contributed by atoms with Crippen molar-refractivity contribution in [2.45, 2.75) is 50.4 Å². The summed E-state index contributed by atoms with van der Waals surface area (Å²) >= 11 is 0. The summed E-state index contributed by atoms with van der Waals surface area (Å²) in [5.41, 5.74) is 4.55. The summed E-state index contributed by atoms with van der Waals surface area (Å²) in [6, 6.07) is 24.4. The highest BCUT2D eigenvalue weighted by Crippen LogP contribution is 2.22. The van der Waals surface area contributed by atoms with Gasteiger partial charge in [-0.15, -0.1) is 0 Å². The zero-order chi connectivity index (χ0) is 27.2. The molecule has 2 fully saturated rings. The number of alkyl halides is 2. The minimum absolute atomic E-state index is 0.195. The lowest BCUT2D eigenvalue weighted by atomic mass is 10.1. The van der Waals surface area contributed by atoms with Crippen molar-refractivity contribution in [2.24, 2.45) is 0 Å². The van der Waals surface area contributed by atoms with E-state index in [9.17, 15) is 18.4 Å². The summed E-state index contributed by atoms with van der Waals surface area (Å²) in [6.45, 7) is 1.70. The maximum absolute atomic E-state index is 13.4. The monoisotopic (exact) mass is 533 g/mol. The van der Waals surface area contributed by atoms with Crippen LogP contribution in [0.25, 0.3) is 0 Å². The molecule has 5 rings (SSSR count). The number of nitrogens with zero attached hydrogens (tertiary/aromatic N) is 1. The summed E-state index contributed by atoms with van der Waals surface area (Å²) in [4.78, 5) is 27.0. The fourth-order valence-electron chi connectivity index (χ4n) is 4.95. The molecular weight excluding hydrogens is 500 g/mol. The zero-order valence-electron chi connectivity index (χ0n) is 21.6. The summed E-state index contributed by atoms with van der Waals surface area (Å²) < 4.78 is 26.8. The normalized spacial score (nSPS) is 22.4. The SMILES string of the molecule is O=C(Nc1ccc(CN(Cc2ccc(NC(=O)[C@@H]3C[C@H](F)CN3)cc2)c2ccccc2)cc1)[C@@H]1C[C@H](F)CN1. The van der Waals surface area contributed by atoms with E-state index in [2.05, 4.69) is 38.3 Å². The molecule has 0 spiro atoms. The molecule has 4 atom stereocenters. The molecule has 2 heterocycles. The molecule has 0 aliphatic carbocycles. The number of carbonyl (C=O) groups is 2. The first-order valence-corrected chi connectivity index (χ1v) is 13.3. The lowest BCUT2D eigenvalue weighted by molar-refractivity contribution is -0.118. The Morgan fingerprint density at radius 2 is 1.13 bits per heavy atom. The third-order valence-corrected chi connectivity index (χ3v) is 7.10. The Labute approximate surface area is 227 Å². The van der Waals surface area contributed by atoms with Gasteiger partial charge in [0, 0.05) is 56.1 Å². The van der Waals surface area contributed by atoms with Crippen LogP contribution in [0.5, 0.6) is 0 Å². The number of halogens is 2. The second kappa shape index (κ2) is 12.4. The van der Waals surface area contributed by atoms with Gasteiger partial charge >= 0.3 is 0 Å². The van der Waals surface area contributed by atoms with E-state index < -0.39 is 24.4 Å². The Bertz CT molecular complexity index is 1180. The highest BCUT2D eigenvalue weighted by atomic mass is 19.1. The van der Waals surface area contributed by atoms with Gasteiger partial charge < -0.3 is 26.2 Å². The predicted molar refractivity (Wildman–Crippen MR) is 149 cm³/mol. The van der Waals surface area contributed by atoms with Crippen LogP contribution < -0.4 is 26.2 Å². The molecule has 0 aromatic heterocycles. The topological polar surface area (TPSA) is 85.5 Å². The zero-order valence-corrected chi connectivity index (χ0v) is 21.6. The van der Waals surface area contributed by atoms with E-state index in [1.54, 1.807) is 0 Å². The smallest absolute Gasteiger partial charge is 0.241 e.